The second-order valence-corrected chi connectivity index (χ2v) is 9.45. The molecule has 1 fully saturated rings. The van der Waals surface area contributed by atoms with Gasteiger partial charge in [-0.25, -0.2) is 14.4 Å². The van der Waals surface area contributed by atoms with Crippen LogP contribution in [-0.4, -0.2) is 33.0 Å². The Morgan fingerprint density at radius 1 is 0.821 bits per heavy atom. The van der Waals surface area contributed by atoms with E-state index in [1.807, 2.05) is 60.7 Å². The molecule has 0 bridgehead atoms. The van der Waals surface area contributed by atoms with Gasteiger partial charge in [-0.1, -0.05) is 30.3 Å². The summed E-state index contributed by atoms with van der Waals surface area (Å²) in [4.78, 5) is 17.5. The molecule has 8 heteroatoms. The van der Waals surface area contributed by atoms with Crippen molar-refractivity contribution in [3.8, 4) is 40.2 Å². The standard InChI is InChI=1S/C31H28FN5O2/c32-24-8-6-22(7-9-24)28-29(37-30(36-28)23-14-17-33-18-15-23)27-16-19-34-31(35-27)39-26-12-10-25(11-13-26)38-20-21-4-2-1-3-5-21/h1-13,16,19,23,33H,14-15,17-18,20H2,(H,36,37). The first-order valence-corrected chi connectivity index (χ1v) is 13.1. The van der Waals surface area contributed by atoms with Crippen LogP contribution in [0, 0.1) is 5.82 Å². The summed E-state index contributed by atoms with van der Waals surface area (Å²) in [7, 11) is 0. The zero-order valence-electron chi connectivity index (χ0n) is 21.3. The van der Waals surface area contributed by atoms with Crippen LogP contribution in [0.2, 0.25) is 0 Å². The lowest BCUT2D eigenvalue weighted by molar-refractivity contribution is 0.305. The Bertz CT molecular complexity index is 1520. The summed E-state index contributed by atoms with van der Waals surface area (Å²) >= 11 is 0. The number of H-pyrrole nitrogens is 1. The van der Waals surface area contributed by atoms with E-state index in [-0.39, 0.29) is 11.8 Å². The maximum atomic E-state index is 13.6. The van der Waals surface area contributed by atoms with Crippen LogP contribution in [0.3, 0.4) is 0 Å². The van der Waals surface area contributed by atoms with Gasteiger partial charge in [0.05, 0.1) is 17.1 Å². The number of hydrogen-bond donors (Lipinski definition) is 2. The van der Waals surface area contributed by atoms with Crippen LogP contribution in [-0.2, 0) is 6.61 Å². The molecule has 1 saturated heterocycles. The summed E-state index contributed by atoms with van der Waals surface area (Å²) < 4.78 is 25.5. The highest BCUT2D eigenvalue weighted by Crippen LogP contribution is 2.34. The van der Waals surface area contributed by atoms with Crippen molar-refractivity contribution >= 4 is 0 Å². The van der Waals surface area contributed by atoms with E-state index in [1.54, 1.807) is 18.3 Å². The van der Waals surface area contributed by atoms with Gasteiger partial charge in [0.25, 0.3) is 0 Å². The van der Waals surface area contributed by atoms with E-state index in [9.17, 15) is 4.39 Å². The lowest BCUT2D eigenvalue weighted by Gasteiger charge is -2.20. The Morgan fingerprint density at radius 3 is 2.33 bits per heavy atom. The SMILES string of the molecule is Fc1ccc(-c2nc(C3CCNCC3)[nH]c2-c2ccnc(Oc3ccc(OCc4ccccc4)cc3)n2)cc1. The minimum Gasteiger partial charge on any atom is -0.489 e. The van der Waals surface area contributed by atoms with Gasteiger partial charge in [-0.15, -0.1) is 0 Å². The quantitative estimate of drug-likeness (QED) is 0.242. The third-order valence-corrected chi connectivity index (χ3v) is 6.74. The molecule has 1 aliphatic heterocycles. The Morgan fingerprint density at radius 2 is 1.56 bits per heavy atom. The van der Waals surface area contributed by atoms with E-state index in [0.717, 1.165) is 60.0 Å². The first-order chi connectivity index (χ1) is 19.2. The Balaban J connectivity index is 1.23. The summed E-state index contributed by atoms with van der Waals surface area (Å²) in [6.07, 6.45) is 3.66. The Hall–Kier alpha value is -4.56. The molecule has 0 radical (unpaired) electrons. The third-order valence-electron chi connectivity index (χ3n) is 6.74. The highest BCUT2D eigenvalue weighted by Gasteiger charge is 2.23. The molecule has 0 aliphatic carbocycles. The fourth-order valence-electron chi connectivity index (χ4n) is 4.66. The molecule has 196 valence electrons. The molecule has 1 aliphatic rings. The topological polar surface area (TPSA) is 85.0 Å². The lowest BCUT2D eigenvalue weighted by Crippen LogP contribution is -2.27. The number of aromatic amines is 1. The Labute approximate surface area is 226 Å². The van der Waals surface area contributed by atoms with E-state index in [1.165, 1.54) is 12.1 Å². The van der Waals surface area contributed by atoms with Gasteiger partial charge in [-0.3, -0.25) is 0 Å². The maximum absolute atomic E-state index is 13.6. The monoisotopic (exact) mass is 521 g/mol. The second kappa shape index (κ2) is 11.4. The molecule has 3 heterocycles. The fourth-order valence-corrected chi connectivity index (χ4v) is 4.66. The molecule has 39 heavy (non-hydrogen) atoms. The van der Waals surface area contributed by atoms with Gasteiger partial charge in [0, 0.05) is 17.7 Å². The first-order valence-electron chi connectivity index (χ1n) is 13.1. The number of ether oxygens (including phenoxy) is 2. The normalized spacial score (nSPS) is 13.8. The lowest BCUT2D eigenvalue weighted by atomic mass is 9.98. The smallest absolute Gasteiger partial charge is 0.322 e. The maximum Gasteiger partial charge on any atom is 0.322 e. The molecule has 0 spiro atoms. The number of rotatable bonds is 8. The van der Waals surface area contributed by atoms with Crippen molar-refractivity contribution in [2.45, 2.75) is 25.4 Å². The van der Waals surface area contributed by atoms with Crippen LogP contribution in [0.4, 0.5) is 4.39 Å². The van der Waals surface area contributed by atoms with E-state index >= 15 is 0 Å². The van der Waals surface area contributed by atoms with Gasteiger partial charge in [-0.05, 0) is 86.1 Å². The second-order valence-electron chi connectivity index (χ2n) is 9.45. The molecule has 0 saturated carbocycles. The molecule has 3 aromatic carbocycles. The van der Waals surface area contributed by atoms with E-state index in [2.05, 4.69) is 20.3 Å². The first kappa shape index (κ1) is 24.8. The molecule has 0 unspecified atom stereocenters. The van der Waals surface area contributed by atoms with Crippen LogP contribution >= 0.6 is 0 Å². The summed E-state index contributed by atoms with van der Waals surface area (Å²) in [5.41, 5.74) is 4.05. The van der Waals surface area contributed by atoms with Crippen molar-refractivity contribution in [3.63, 3.8) is 0 Å². The number of nitrogens with one attached hydrogen (secondary N) is 2. The highest BCUT2D eigenvalue weighted by atomic mass is 19.1. The summed E-state index contributed by atoms with van der Waals surface area (Å²) in [5, 5.41) is 3.40. The van der Waals surface area contributed by atoms with Gasteiger partial charge in [-0.2, -0.15) is 4.98 Å². The van der Waals surface area contributed by atoms with Gasteiger partial charge in [0.2, 0.25) is 0 Å². The van der Waals surface area contributed by atoms with Crippen LogP contribution in [0.25, 0.3) is 22.6 Å². The molecular weight excluding hydrogens is 493 g/mol. The number of aromatic nitrogens is 4. The van der Waals surface area contributed by atoms with Crippen molar-refractivity contribution in [1.82, 2.24) is 25.3 Å². The van der Waals surface area contributed by atoms with E-state index < -0.39 is 0 Å². The minimum atomic E-state index is -0.288. The predicted molar refractivity (Wildman–Crippen MR) is 147 cm³/mol. The third kappa shape index (κ3) is 5.97. The highest BCUT2D eigenvalue weighted by molar-refractivity contribution is 5.76. The van der Waals surface area contributed by atoms with Gasteiger partial charge in [0.1, 0.15) is 29.7 Å². The van der Waals surface area contributed by atoms with E-state index in [0.29, 0.717) is 24.0 Å². The van der Waals surface area contributed by atoms with Crippen molar-refractivity contribution in [1.29, 1.82) is 0 Å². The van der Waals surface area contributed by atoms with E-state index in [4.69, 9.17) is 14.5 Å². The molecule has 5 aromatic rings. The van der Waals surface area contributed by atoms with Gasteiger partial charge in [0.15, 0.2) is 0 Å². The van der Waals surface area contributed by atoms with Crippen LogP contribution in [0.5, 0.6) is 17.5 Å². The van der Waals surface area contributed by atoms with Crippen LogP contribution in [0.1, 0.15) is 30.1 Å². The molecule has 2 aromatic heterocycles. The number of piperidine rings is 1. The summed E-state index contributed by atoms with van der Waals surface area (Å²) in [6.45, 7) is 2.40. The molecular formula is C31H28FN5O2. The molecule has 0 atom stereocenters. The zero-order chi connectivity index (χ0) is 26.4. The predicted octanol–water partition coefficient (Wildman–Crippen LogP) is 6.51. The van der Waals surface area contributed by atoms with Crippen molar-refractivity contribution < 1.29 is 13.9 Å². The summed E-state index contributed by atoms with van der Waals surface area (Å²) in [6, 6.07) is 25.8. The molecule has 0 amide bonds. The summed E-state index contributed by atoms with van der Waals surface area (Å²) in [5.74, 6) is 2.28. The van der Waals surface area contributed by atoms with Gasteiger partial charge < -0.3 is 19.8 Å². The molecule has 2 N–H and O–H groups in total. The van der Waals surface area contributed by atoms with Crippen molar-refractivity contribution in [2.24, 2.45) is 0 Å². The number of benzene rings is 3. The Kier molecular flexibility index (Phi) is 7.27. The van der Waals surface area contributed by atoms with Crippen molar-refractivity contribution in [2.75, 3.05) is 13.1 Å². The number of imidazole rings is 1. The largest absolute Gasteiger partial charge is 0.489 e. The number of halogens is 1. The fraction of sp³-hybridized carbons (Fsp3) is 0.194. The molecule has 7 nitrogen and oxygen atoms in total. The molecule has 6 rings (SSSR count). The minimum absolute atomic E-state index is 0.216. The van der Waals surface area contributed by atoms with Crippen LogP contribution in [0.15, 0.2) is 91.1 Å². The average molecular weight is 522 g/mol. The zero-order valence-corrected chi connectivity index (χ0v) is 21.3. The average Bonchev–Trinajstić information content (AvgIpc) is 3.44. The van der Waals surface area contributed by atoms with Crippen molar-refractivity contribution in [3.05, 3.63) is 108 Å². The number of nitrogens with zero attached hydrogens (tertiary/aromatic N) is 3. The van der Waals surface area contributed by atoms with Crippen LogP contribution < -0.4 is 14.8 Å². The number of hydrogen-bond acceptors (Lipinski definition) is 6. The van der Waals surface area contributed by atoms with Gasteiger partial charge >= 0.3 is 6.01 Å².